The summed E-state index contributed by atoms with van der Waals surface area (Å²) in [6.45, 7) is 2.83. The van der Waals surface area contributed by atoms with Gasteiger partial charge in [-0.15, -0.1) is 11.8 Å². The molecule has 0 saturated carbocycles. The van der Waals surface area contributed by atoms with Crippen LogP contribution in [0, 0.1) is 0 Å². The molecule has 0 bridgehead atoms. The van der Waals surface area contributed by atoms with E-state index in [2.05, 4.69) is 0 Å². The standard InChI is InChI=1S/C19H23NO4S/c1-13-17(19(22)24-3)16(18(21)20(13)10-5-11-23-2)12-14-6-8-15(25-4)9-7-14/h6-9,12H,5,10-11H2,1-4H3. The molecule has 1 aromatic rings. The summed E-state index contributed by atoms with van der Waals surface area (Å²) >= 11 is 1.65. The second-order valence-electron chi connectivity index (χ2n) is 5.59. The first kappa shape index (κ1) is 19.3. The molecule has 0 fully saturated rings. The average molecular weight is 361 g/mol. The van der Waals surface area contributed by atoms with E-state index in [1.165, 1.54) is 7.11 Å². The third-order valence-electron chi connectivity index (χ3n) is 4.06. The molecular formula is C19H23NO4S. The highest BCUT2D eigenvalue weighted by Crippen LogP contribution is 2.32. The fourth-order valence-electron chi connectivity index (χ4n) is 2.73. The second kappa shape index (κ2) is 8.87. The monoisotopic (exact) mass is 361 g/mol. The quantitative estimate of drug-likeness (QED) is 0.323. The molecule has 1 aliphatic heterocycles. The normalized spacial score (nSPS) is 16.1. The number of amides is 1. The molecule has 134 valence electrons. The maximum Gasteiger partial charge on any atom is 0.340 e. The van der Waals surface area contributed by atoms with Crippen molar-refractivity contribution in [1.29, 1.82) is 0 Å². The Morgan fingerprint density at radius 2 is 1.92 bits per heavy atom. The lowest BCUT2D eigenvalue weighted by Gasteiger charge is -2.17. The Labute approximate surface area is 152 Å². The van der Waals surface area contributed by atoms with Crippen LogP contribution in [0.3, 0.4) is 0 Å². The van der Waals surface area contributed by atoms with Crippen LogP contribution in [-0.2, 0) is 19.1 Å². The molecule has 0 atom stereocenters. The predicted molar refractivity (Wildman–Crippen MR) is 99.1 cm³/mol. The Hall–Kier alpha value is -2.05. The number of rotatable bonds is 7. The van der Waals surface area contributed by atoms with Crippen molar-refractivity contribution in [2.45, 2.75) is 18.2 Å². The van der Waals surface area contributed by atoms with Crippen LogP contribution in [0.1, 0.15) is 18.9 Å². The van der Waals surface area contributed by atoms with Gasteiger partial charge in [0.15, 0.2) is 0 Å². The van der Waals surface area contributed by atoms with Crippen molar-refractivity contribution in [2.24, 2.45) is 0 Å². The number of hydrogen-bond donors (Lipinski definition) is 0. The van der Waals surface area contributed by atoms with Crippen LogP contribution < -0.4 is 0 Å². The number of benzene rings is 1. The topological polar surface area (TPSA) is 55.8 Å². The van der Waals surface area contributed by atoms with Gasteiger partial charge in [0.25, 0.3) is 5.91 Å². The number of nitrogens with zero attached hydrogens (tertiary/aromatic N) is 1. The zero-order valence-corrected chi connectivity index (χ0v) is 15.8. The van der Waals surface area contributed by atoms with E-state index in [0.717, 1.165) is 10.5 Å². The maximum absolute atomic E-state index is 12.8. The van der Waals surface area contributed by atoms with E-state index in [-0.39, 0.29) is 5.91 Å². The number of hydrogen-bond acceptors (Lipinski definition) is 5. The number of carbonyl (C=O) groups excluding carboxylic acids is 2. The lowest BCUT2D eigenvalue weighted by Crippen LogP contribution is -2.26. The summed E-state index contributed by atoms with van der Waals surface area (Å²) in [4.78, 5) is 27.8. The van der Waals surface area contributed by atoms with Crippen molar-refractivity contribution >= 4 is 29.7 Å². The molecule has 0 unspecified atom stereocenters. The van der Waals surface area contributed by atoms with Crippen LogP contribution in [0.25, 0.3) is 6.08 Å². The van der Waals surface area contributed by atoms with Gasteiger partial charge in [-0.2, -0.15) is 0 Å². The Bertz CT molecular complexity index is 707. The molecular weight excluding hydrogens is 338 g/mol. The van der Waals surface area contributed by atoms with Crippen LogP contribution in [0.2, 0.25) is 0 Å². The molecule has 0 radical (unpaired) electrons. The summed E-state index contributed by atoms with van der Waals surface area (Å²) in [5.74, 6) is -0.671. The molecule has 0 spiro atoms. The van der Waals surface area contributed by atoms with Crippen molar-refractivity contribution in [3.63, 3.8) is 0 Å². The van der Waals surface area contributed by atoms with Crippen LogP contribution >= 0.6 is 11.8 Å². The van der Waals surface area contributed by atoms with Crippen molar-refractivity contribution < 1.29 is 19.1 Å². The van der Waals surface area contributed by atoms with E-state index in [1.807, 2.05) is 30.5 Å². The van der Waals surface area contributed by atoms with Gasteiger partial charge in [-0.1, -0.05) is 12.1 Å². The summed E-state index contributed by atoms with van der Waals surface area (Å²) in [6, 6.07) is 7.84. The fourth-order valence-corrected chi connectivity index (χ4v) is 3.14. The van der Waals surface area contributed by atoms with Gasteiger partial charge < -0.3 is 14.4 Å². The number of methoxy groups -OCH3 is 2. The Morgan fingerprint density at radius 1 is 1.24 bits per heavy atom. The van der Waals surface area contributed by atoms with E-state index in [9.17, 15) is 9.59 Å². The largest absolute Gasteiger partial charge is 0.465 e. The third-order valence-corrected chi connectivity index (χ3v) is 4.80. The maximum atomic E-state index is 12.8. The van der Waals surface area contributed by atoms with Gasteiger partial charge in [-0.25, -0.2) is 4.79 Å². The summed E-state index contributed by atoms with van der Waals surface area (Å²) in [7, 11) is 2.95. The van der Waals surface area contributed by atoms with Gasteiger partial charge in [0.2, 0.25) is 0 Å². The zero-order chi connectivity index (χ0) is 18.4. The smallest absolute Gasteiger partial charge is 0.340 e. The SMILES string of the molecule is COCCCN1C(=O)C(=Cc2ccc(SC)cc2)C(C(=O)OC)=C1C. The van der Waals surface area contributed by atoms with Gasteiger partial charge in [0.1, 0.15) is 0 Å². The minimum Gasteiger partial charge on any atom is -0.465 e. The highest BCUT2D eigenvalue weighted by molar-refractivity contribution is 7.98. The number of thioether (sulfide) groups is 1. The minimum atomic E-state index is -0.493. The van der Waals surface area contributed by atoms with Crippen molar-refractivity contribution in [1.82, 2.24) is 4.90 Å². The van der Waals surface area contributed by atoms with Crippen LogP contribution in [0.4, 0.5) is 0 Å². The fraction of sp³-hybridized carbons (Fsp3) is 0.368. The molecule has 25 heavy (non-hydrogen) atoms. The first-order valence-corrected chi connectivity index (χ1v) is 9.22. The van der Waals surface area contributed by atoms with Crippen molar-refractivity contribution in [3.8, 4) is 0 Å². The number of esters is 1. The van der Waals surface area contributed by atoms with Gasteiger partial charge in [0, 0.05) is 30.9 Å². The molecule has 6 heteroatoms. The summed E-state index contributed by atoms with van der Waals surface area (Å²) in [5.41, 5.74) is 2.20. The molecule has 1 amide bonds. The van der Waals surface area contributed by atoms with Crippen LogP contribution in [0.5, 0.6) is 0 Å². The highest BCUT2D eigenvalue weighted by atomic mass is 32.2. The second-order valence-corrected chi connectivity index (χ2v) is 6.47. The molecule has 0 saturated heterocycles. The first-order valence-electron chi connectivity index (χ1n) is 7.99. The minimum absolute atomic E-state index is 0.178. The number of allylic oxidation sites excluding steroid dienone is 1. The van der Waals surface area contributed by atoms with Gasteiger partial charge in [-0.05, 0) is 43.4 Å². The molecule has 5 nitrogen and oxygen atoms in total. The third kappa shape index (κ3) is 4.32. The molecule has 0 aromatic heterocycles. The Kier molecular flexibility index (Phi) is 6.84. The lowest BCUT2D eigenvalue weighted by atomic mass is 10.0. The van der Waals surface area contributed by atoms with Gasteiger partial charge in [-0.3, -0.25) is 4.79 Å². The van der Waals surface area contributed by atoms with Crippen molar-refractivity contribution in [2.75, 3.05) is 33.6 Å². The van der Waals surface area contributed by atoms with E-state index in [0.29, 0.717) is 36.4 Å². The Morgan fingerprint density at radius 3 is 2.48 bits per heavy atom. The first-order chi connectivity index (χ1) is 12.0. The molecule has 1 aromatic carbocycles. The lowest BCUT2D eigenvalue weighted by molar-refractivity contribution is -0.136. The van der Waals surface area contributed by atoms with Crippen LogP contribution in [-0.4, -0.2) is 50.4 Å². The highest BCUT2D eigenvalue weighted by Gasteiger charge is 2.36. The van der Waals surface area contributed by atoms with E-state index >= 15 is 0 Å². The van der Waals surface area contributed by atoms with Crippen LogP contribution in [0.15, 0.2) is 46.0 Å². The van der Waals surface area contributed by atoms with E-state index in [4.69, 9.17) is 9.47 Å². The summed E-state index contributed by atoms with van der Waals surface area (Å²) < 4.78 is 9.94. The van der Waals surface area contributed by atoms with Gasteiger partial charge >= 0.3 is 5.97 Å². The molecule has 1 aliphatic rings. The van der Waals surface area contributed by atoms with Crippen molar-refractivity contribution in [3.05, 3.63) is 46.7 Å². The van der Waals surface area contributed by atoms with Gasteiger partial charge in [0.05, 0.1) is 18.3 Å². The molecule has 0 aliphatic carbocycles. The average Bonchev–Trinajstić information content (AvgIpc) is 2.86. The molecule has 1 heterocycles. The van der Waals surface area contributed by atoms with E-state index in [1.54, 1.807) is 36.8 Å². The van der Waals surface area contributed by atoms with E-state index < -0.39 is 5.97 Å². The summed E-state index contributed by atoms with van der Waals surface area (Å²) in [6.07, 6.45) is 4.45. The number of ether oxygens (including phenoxy) is 2. The molecule has 2 rings (SSSR count). The predicted octanol–water partition coefficient (Wildman–Crippen LogP) is 3.12. The molecule has 0 N–H and O–H groups in total. The zero-order valence-electron chi connectivity index (χ0n) is 15.0. The number of carbonyl (C=O) groups is 2. The summed E-state index contributed by atoms with van der Waals surface area (Å²) in [5, 5.41) is 0. The Balaban J connectivity index is 2.37.